The molecule has 9 heteroatoms. The highest BCUT2D eigenvalue weighted by atomic mass is 32.1. The number of carbonyl (C=O) groups excluding carboxylic acids is 3. The van der Waals surface area contributed by atoms with Gasteiger partial charge in [0, 0.05) is 16.9 Å². The molecular weight excluding hydrogens is 440 g/mol. The van der Waals surface area contributed by atoms with E-state index in [9.17, 15) is 14.4 Å². The lowest BCUT2D eigenvalue weighted by atomic mass is 10.1. The second-order valence-electron chi connectivity index (χ2n) is 7.65. The maximum Gasteiger partial charge on any atom is 0.252 e. The van der Waals surface area contributed by atoms with Crippen LogP contribution in [0.3, 0.4) is 0 Å². The molecule has 33 heavy (non-hydrogen) atoms. The average molecular weight is 463 g/mol. The van der Waals surface area contributed by atoms with Crippen LogP contribution in [0, 0.1) is 6.92 Å². The number of hydrogen-bond donors (Lipinski definition) is 2. The molecule has 1 unspecified atom stereocenters. The van der Waals surface area contributed by atoms with Crippen molar-refractivity contribution in [2.24, 2.45) is 5.73 Å². The summed E-state index contributed by atoms with van der Waals surface area (Å²) >= 11 is 5.67. The molecule has 4 rings (SSSR count). The first kappa shape index (κ1) is 22.2. The van der Waals surface area contributed by atoms with Gasteiger partial charge in [0.2, 0.25) is 11.8 Å². The fourth-order valence-electron chi connectivity index (χ4n) is 3.74. The van der Waals surface area contributed by atoms with E-state index in [2.05, 4.69) is 5.32 Å². The highest BCUT2D eigenvalue weighted by molar-refractivity contribution is 7.80. The van der Waals surface area contributed by atoms with E-state index in [4.69, 9.17) is 22.4 Å². The minimum Gasteiger partial charge on any atom is -0.467 e. The molecule has 0 saturated carbocycles. The van der Waals surface area contributed by atoms with Gasteiger partial charge in [0.15, 0.2) is 5.11 Å². The van der Waals surface area contributed by atoms with E-state index in [0.29, 0.717) is 22.1 Å². The lowest BCUT2D eigenvalue weighted by Gasteiger charge is -2.25. The molecule has 1 atom stereocenters. The molecule has 3 amide bonds. The maximum absolute atomic E-state index is 13.4. The van der Waals surface area contributed by atoms with Gasteiger partial charge in [0.25, 0.3) is 5.91 Å². The number of carbonyl (C=O) groups is 3. The number of primary amides is 1. The molecule has 0 aliphatic carbocycles. The van der Waals surface area contributed by atoms with E-state index in [1.54, 1.807) is 29.2 Å². The quantitative estimate of drug-likeness (QED) is 0.522. The van der Waals surface area contributed by atoms with Gasteiger partial charge in [-0.15, -0.1) is 0 Å². The van der Waals surface area contributed by atoms with Crippen LogP contribution in [0.2, 0.25) is 0 Å². The molecular formula is C24H22N4O4S. The number of benzene rings is 2. The predicted molar refractivity (Wildman–Crippen MR) is 128 cm³/mol. The highest BCUT2D eigenvalue weighted by Crippen LogP contribution is 2.31. The normalized spacial score (nSPS) is 15.7. The number of amides is 3. The lowest BCUT2D eigenvalue weighted by Crippen LogP contribution is -2.38. The van der Waals surface area contributed by atoms with Crippen LogP contribution in [0.5, 0.6) is 0 Å². The van der Waals surface area contributed by atoms with E-state index < -0.39 is 11.9 Å². The van der Waals surface area contributed by atoms with Crippen molar-refractivity contribution >= 4 is 46.4 Å². The Morgan fingerprint density at radius 2 is 1.82 bits per heavy atom. The number of furan rings is 1. The van der Waals surface area contributed by atoms with Gasteiger partial charge < -0.3 is 20.4 Å². The summed E-state index contributed by atoms with van der Waals surface area (Å²) in [4.78, 5) is 40.7. The first-order valence-electron chi connectivity index (χ1n) is 10.3. The minimum atomic E-state index is -0.807. The van der Waals surface area contributed by atoms with Gasteiger partial charge in [-0.1, -0.05) is 18.2 Å². The Labute approximate surface area is 196 Å². The molecule has 0 bridgehead atoms. The van der Waals surface area contributed by atoms with E-state index in [1.165, 1.54) is 23.3 Å². The molecule has 1 saturated heterocycles. The summed E-state index contributed by atoms with van der Waals surface area (Å²) in [5, 5.41) is 3.08. The molecule has 168 valence electrons. The second kappa shape index (κ2) is 9.25. The number of aryl methyl sites for hydroxylation is 1. The van der Waals surface area contributed by atoms with Gasteiger partial charge in [-0.05, 0) is 67.2 Å². The van der Waals surface area contributed by atoms with Crippen molar-refractivity contribution in [2.45, 2.75) is 25.9 Å². The Morgan fingerprint density at radius 3 is 2.45 bits per heavy atom. The monoisotopic (exact) mass is 462 g/mol. The zero-order chi connectivity index (χ0) is 23.5. The first-order valence-corrected chi connectivity index (χ1v) is 10.7. The number of anilines is 2. The zero-order valence-electron chi connectivity index (χ0n) is 17.9. The smallest absolute Gasteiger partial charge is 0.252 e. The molecule has 1 fully saturated rings. The summed E-state index contributed by atoms with van der Waals surface area (Å²) < 4.78 is 5.39. The number of nitrogens with one attached hydrogen (secondary N) is 1. The molecule has 3 aromatic rings. The van der Waals surface area contributed by atoms with Gasteiger partial charge in [-0.25, -0.2) is 0 Å². The Kier molecular flexibility index (Phi) is 6.23. The van der Waals surface area contributed by atoms with Crippen LogP contribution in [0.4, 0.5) is 11.4 Å². The molecule has 3 N–H and O–H groups in total. The summed E-state index contributed by atoms with van der Waals surface area (Å²) in [6.45, 7) is 2.11. The van der Waals surface area contributed by atoms with Crippen LogP contribution in [-0.4, -0.2) is 33.8 Å². The average Bonchev–Trinajstić information content (AvgIpc) is 3.38. The number of thiocarbonyl (C=S) groups is 1. The molecule has 0 radical (unpaired) electrons. The van der Waals surface area contributed by atoms with Crippen LogP contribution in [0.1, 0.15) is 28.1 Å². The van der Waals surface area contributed by atoms with Gasteiger partial charge in [0.05, 0.1) is 19.2 Å². The van der Waals surface area contributed by atoms with Crippen molar-refractivity contribution in [2.75, 3.05) is 10.2 Å². The third-order valence-corrected chi connectivity index (χ3v) is 5.82. The molecule has 2 aromatic carbocycles. The molecule has 1 aromatic heterocycles. The highest BCUT2D eigenvalue weighted by Gasteiger charge is 2.44. The van der Waals surface area contributed by atoms with E-state index >= 15 is 0 Å². The summed E-state index contributed by atoms with van der Waals surface area (Å²) in [7, 11) is 0. The van der Waals surface area contributed by atoms with Gasteiger partial charge in [-0.3, -0.25) is 19.3 Å². The van der Waals surface area contributed by atoms with E-state index in [0.717, 1.165) is 11.3 Å². The maximum atomic E-state index is 13.4. The molecule has 1 aliphatic rings. The molecule has 0 spiro atoms. The van der Waals surface area contributed by atoms with E-state index in [-0.39, 0.29) is 24.8 Å². The number of nitrogens with zero attached hydrogens (tertiary/aromatic N) is 2. The van der Waals surface area contributed by atoms with Gasteiger partial charge >= 0.3 is 0 Å². The summed E-state index contributed by atoms with van der Waals surface area (Å²) in [6.07, 6.45) is 1.42. The van der Waals surface area contributed by atoms with Crippen LogP contribution >= 0.6 is 12.2 Å². The Hall–Kier alpha value is -3.98. The summed E-state index contributed by atoms with van der Waals surface area (Å²) in [6, 6.07) is 16.5. The standard InChI is InChI=1S/C24H22N4O4S/c1-15-5-2-3-7-19(15)28-20(23(31)27(24(28)33)14-18-6-4-12-32-18)13-21(29)26-17-10-8-16(9-11-17)22(25)30/h2-12,20H,13-14H2,1H3,(H2,25,30)(H,26,29). The van der Waals surface area contributed by atoms with Crippen molar-refractivity contribution in [3.63, 3.8) is 0 Å². The summed E-state index contributed by atoms with van der Waals surface area (Å²) in [5.74, 6) is -0.598. The van der Waals surface area contributed by atoms with Crippen LogP contribution in [-0.2, 0) is 16.1 Å². The third-order valence-electron chi connectivity index (χ3n) is 5.40. The molecule has 8 nitrogen and oxygen atoms in total. The van der Waals surface area contributed by atoms with Crippen molar-refractivity contribution in [1.29, 1.82) is 0 Å². The SMILES string of the molecule is Cc1ccccc1N1C(=S)N(Cc2ccco2)C(=O)C1CC(=O)Nc1ccc(C(N)=O)cc1. The van der Waals surface area contributed by atoms with Crippen LogP contribution < -0.4 is 16.0 Å². The van der Waals surface area contributed by atoms with Crippen LogP contribution in [0.15, 0.2) is 71.3 Å². The van der Waals surface area contributed by atoms with E-state index in [1.807, 2.05) is 31.2 Å². The van der Waals surface area contributed by atoms with Crippen molar-refractivity contribution in [3.8, 4) is 0 Å². The van der Waals surface area contributed by atoms with Crippen molar-refractivity contribution < 1.29 is 18.8 Å². The topological polar surface area (TPSA) is 109 Å². The van der Waals surface area contributed by atoms with Crippen LogP contribution in [0.25, 0.3) is 0 Å². The Balaban J connectivity index is 1.58. The fourth-order valence-corrected chi connectivity index (χ4v) is 4.12. The van der Waals surface area contributed by atoms with Gasteiger partial charge in [-0.2, -0.15) is 0 Å². The summed E-state index contributed by atoms with van der Waals surface area (Å²) in [5.41, 5.74) is 7.78. The zero-order valence-corrected chi connectivity index (χ0v) is 18.7. The Bertz CT molecular complexity index is 1210. The number of hydrogen-bond acceptors (Lipinski definition) is 5. The largest absolute Gasteiger partial charge is 0.467 e. The predicted octanol–water partition coefficient (Wildman–Crippen LogP) is 3.22. The van der Waals surface area contributed by atoms with Gasteiger partial charge in [0.1, 0.15) is 11.8 Å². The Morgan fingerprint density at radius 1 is 1.09 bits per heavy atom. The lowest BCUT2D eigenvalue weighted by molar-refractivity contribution is -0.129. The number of nitrogens with two attached hydrogens (primary N) is 1. The molecule has 2 heterocycles. The number of para-hydroxylation sites is 1. The fraction of sp³-hybridized carbons (Fsp3) is 0.167. The number of rotatable bonds is 7. The van der Waals surface area contributed by atoms with Crippen molar-refractivity contribution in [1.82, 2.24) is 4.90 Å². The molecule has 1 aliphatic heterocycles. The first-order chi connectivity index (χ1) is 15.8. The van der Waals surface area contributed by atoms with Crippen molar-refractivity contribution in [3.05, 3.63) is 83.8 Å². The third kappa shape index (κ3) is 4.63. The second-order valence-corrected chi connectivity index (χ2v) is 8.02. The minimum absolute atomic E-state index is 0.112.